The summed E-state index contributed by atoms with van der Waals surface area (Å²) in [7, 11) is 0. The fraction of sp³-hybridized carbons (Fsp3) is 0.444. The van der Waals surface area contributed by atoms with Crippen molar-refractivity contribution in [2.24, 2.45) is 0 Å². The highest BCUT2D eigenvalue weighted by Crippen LogP contribution is 2.20. The molecule has 0 saturated carbocycles. The van der Waals surface area contributed by atoms with Crippen LogP contribution in [0.1, 0.15) is 12.6 Å². The number of ether oxygens (including phenoxy) is 1. The van der Waals surface area contributed by atoms with Crippen LogP contribution in [-0.2, 0) is 9.53 Å². The number of nitrogens with zero attached hydrogens (tertiary/aromatic N) is 1. The number of carbonyl (C=O) groups is 1. The van der Waals surface area contributed by atoms with Crippen LogP contribution in [0.5, 0.6) is 0 Å². The van der Waals surface area contributed by atoms with Crippen LogP contribution in [0.3, 0.4) is 0 Å². The topological polar surface area (TPSA) is 72.0 Å². The van der Waals surface area contributed by atoms with Gasteiger partial charge in [0.1, 0.15) is 0 Å². The second-order valence-electron chi connectivity index (χ2n) is 2.88. The molecule has 0 aromatic carbocycles. The number of H-pyrrole nitrogens is 1. The molecule has 7 heteroatoms. The quantitative estimate of drug-likeness (QED) is 0.488. The van der Waals surface area contributed by atoms with Gasteiger partial charge in [-0.15, -0.1) is 0 Å². The second kappa shape index (κ2) is 5.64. The molecule has 0 aliphatic carbocycles. The summed E-state index contributed by atoms with van der Waals surface area (Å²) in [6.07, 6.45) is 0. The number of hydrogen-bond donors (Lipinski definition) is 1. The van der Waals surface area contributed by atoms with E-state index in [4.69, 9.17) is 0 Å². The van der Waals surface area contributed by atoms with Gasteiger partial charge < -0.3 is 9.72 Å². The van der Waals surface area contributed by atoms with Gasteiger partial charge in [-0.1, -0.05) is 0 Å². The molecule has 1 heterocycles. The zero-order valence-electron chi connectivity index (χ0n) is 8.82. The van der Waals surface area contributed by atoms with Crippen molar-refractivity contribution < 1.29 is 13.9 Å². The van der Waals surface area contributed by atoms with E-state index in [1.165, 1.54) is 6.07 Å². The summed E-state index contributed by atoms with van der Waals surface area (Å²) in [4.78, 5) is 28.2. The lowest BCUT2D eigenvalue weighted by Crippen LogP contribution is -2.17. The zero-order chi connectivity index (χ0) is 12.1. The van der Waals surface area contributed by atoms with Gasteiger partial charge in [-0.25, -0.2) is 14.2 Å². The lowest BCUT2D eigenvalue weighted by molar-refractivity contribution is -0.145. The molecule has 1 unspecified atom stereocenters. The highest BCUT2D eigenvalue weighted by Gasteiger charge is 2.21. The molecule has 0 aliphatic rings. The molecule has 1 rings (SSSR count). The highest BCUT2D eigenvalue weighted by molar-refractivity contribution is 8.00. The van der Waals surface area contributed by atoms with E-state index in [-0.39, 0.29) is 17.3 Å². The Hall–Kier alpha value is -1.37. The minimum atomic E-state index is -1.88. The van der Waals surface area contributed by atoms with E-state index in [1.807, 2.05) is 0 Å². The number of halogens is 1. The molecule has 0 fully saturated rings. The van der Waals surface area contributed by atoms with Crippen molar-refractivity contribution in [2.75, 3.05) is 6.61 Å². The van der Waals surface area contributed by atoms with Gasteiger partial charge >= 0.3 is 5.97 Å². The molecule has 0 aliphatic heterocycles. The maximum absolute atomic E-state index is 13.3. The van der Waals surface area contributed by atoms with E-state index in [1.54, 1.807) is 13.8 Å². The standard InChI is InChI=1S/C9H11FN2O3S/c1-3-15-8(14)7(10)16-9-11-5(2)4-6(13)12-9/h4,7H,3H2,1-2H3,(H,11,12,13). The molecule has 0 saturated heterocycles. The number of nitrogens with one attached hydrogen (secondary N) is 1. The number of esters is 1. The number of rotatable bonds is 4. The van der Waals surface area contributed by atoms with Gasteiger partial charge in [0.2, 0.25) is 5.50 Å². The molecule has 0 amide bonds. The first kappa shape index (κ1) is 12.7. The molecule has 1 aromatic heterocycles. The van der Waals surface area contributed by atoms with Crippen LogP contribution in [0.4, 0.5) is 4.39 Å². The van der Waals surface area contributed by atoms with E-state index in [0.29, 0.717) is 17.5 Å². The van der Waals surface area contributed by atoms with Crippen LogP contribution in [0, 0.1) is 6.92 Å². The minimum Gasteiger partial charge on any atom is -0.463 e. The van der Waals surface area contributed by atoms with Crippen molar-refractivity contribution in [3.63, 3.8) is 0 Å². The summed E-state index contributed by atoms with van der Waals surface area (Å²) in [6, 6.07) is 1.28. The molecule has 1 aromatic rings. The van der Waals surface area contributed by atoms with E-state index in [2.05, 4.69) is 14.7 Å². The molecule has 88 valence electrons. The Morgan fingerprint density at radius 1 is 1.75 bits per heavy atom. The number of thioether (sulfide) groups is 1. The van der Waals surface area contributed by atoms with Gasteiger partial charge in [0.25, 0.3) is 5.56 Å². The van der Waals surface area contributed by atoms with Crippen LogP contribution in [0.15, 0.2) is 16.0 Å². The number of aromatic nitrogens is 2. The van der Waals surface area contributed by atoms with Gasteiger partial charge in [-0.05, 0) is 25.6 Å². The maximum atomic E-state index is 13.3. The number of hydrogen-bond acceptors (Lipinski definition) is 5. The van der Waals surface area contributed by atoms with Gasteiger partial charge in [0.15, 0.2) is 5.16 Å². The average molecular weight is 246 g/mol. The van der Waals surface area contributed by atoms with Crippen molar-refractivity contribution in [1.82, 2.24) is 9.97 Å². The average Bonchev–Trinajstić information content (AvgIpc) is 2.16. The molecular formula is C9H11FN2O3S. The van der Waals surface area contributed by atoms with Crippen molar-refractivity contribution in [1.29, 1.82) is 0 Å². The lowest BCUT2D eigenvalue weighted by atomic mass is 10.5. The van der Waals surface area contributed by atoms with Crippen molar-refractivity contribution >= 4 is 17.7 Å². The number of aryl methyl sites for hydroxylation is 1. The first-order valence-electron chi connectivity index (χ1n) is 4.58. The zero-order valence-corrected chi connectivity index (χ0v) is 9.64. The van der Waals surface area contributed by atoms with Crippen LogP contribution in [0.2, 0.25) is 0 Å². The summed E-state index contributed by atoms with van der Waals surface area (Å²) in [5.41, 5.74) is -1.81. The van der Waals surface area contributed by atoms with Gasteiger partial charge in [-0.3, -0.25) is 4.79 Å². The first-order chi connectivity index (χ1) is 7.52. The normalized spacial score (nSPS) is 12.2. The third-order valence-corrected chi connectivity index (χ3v) is 2.35. The van der Waals surface area contributed by atoms with Crippen LogP contribution in [0.25, 0.3) is 0 Å². The minimum absolute atomic E-state index is 0.0607. The summed E-state index contributed by atoms with van der Waals surface area (Å²) in [6.45, 7) is 3.30. The van der Waals surface area contributed by atoms with Gasteiger partial charge in [0, 0.05) is 11.8 Å². The van der Waals surface area contributed by atoms with E-state index >= 15 is 0 Å². The summed E-state index contributed by atoms with van der Waals surface area (Å²) >= 11 is 0.512. The Kier molecular flexibility index (Phi) is 4.48. The van der Waals surface area contributed by atoms with Gasteiger partial charge in [-0.2, -0.15) is 0 Å². The lowest BCUT2D eigenvalue weighted by Gasteiger charge is -2.06. The number of aromatic amines is 1. The van der Waals surface area contributed by atoms with E-state index in [9.17, 15) is 14.0 Å². The summed E-state index contributed by atoms with van der Waals surface area (Å²) < 4.78 is 17.7. The largest absolute Gasteiger partial charge is 0.463 e. The Morgan fingerprint density at radius 2 is 2.44 bits per heavy atom. The predicted octanol–water partition coefficient (Wildman–Crippen LogP) is 1.03. The van der Waals surface area contributed by atoms with E-state index in [0.717, 1.165) is 0 Å². The highest BCUT2D eigenvalue weighted by atomic mass is 32.2. The number of carbonyl (C=O) groups excluding carboxylic acids is 1. The smallest absolute Gasteiger partial charge is 0.351 e. The van der Waals surface area contributed by atoms with Crippen molar-refractivity contribution in [3.8, 4) is 0 Å². The molecule has 16 heavy (non-hydrogen) atoms. The van der Waals surface area contributed by atoms with Crippen molar-refractivity contribution in [2.45, 2.75) is 24.5 Å². The molecule has 5 nitrogen and oxygen atoms in total. The predicted molar refractivity (Wildman–Crippen MR) is 57.0 cm³/mol. The molecular weight excluding hydrogens is 235 g/mol. The van der Waals surface area contributed by atoms with Crippen molar-refractivity contribution in [3.05, 3.63) is 22.1 Å². The third kappa shape index (κ3) is 3.65. The van der Waals surface area contributed by atoms with Crippen LogP contribution in [-0.4, -0.2) is 28.0 Å². The SMILES string of the molecule is CCOC(=O)C(F)Sc1nc(C)cc(=O)[nH]1. The second-order valence-corrected chi connectivity index (χ2v) is 3.91. The van der Waals surface area contributed by atoms with E-state index < -0.39 is 11.5 Å². The Balaban J connectivity index is 2.72. The maximum Gasteiger partial charge on any atom is 0.351 e. The third-order valence-electron chi connectivity index (χ3n) is 1.54. The Bertz CT molecular complexity index is 435. The fourth-order valence-electron chi connectivity index (χ4n) is 0.961. The molecule has 1 atom stereocenters. The van der Waals surface area contributed by atoms with Crippen LogP contribution < -0.4 is 5.56 Å². The fourth-order valence-corrected chi connectivity index (χ4v) is 1.68. The molecule has 0 bridgehead atoms. The van der Waals surface area contributed by atoms with Gasteiger partial charge in [0.05, 0.1) is 6.61 Å². The molecule has 0 spiro atoms. The molecule has 1 N–H and O–H groups in total. The summed E-state index contributed by atoms with van der Waals surface area (Å²) in [5.74, 6) is -0.975. The first-order valence-corrected chi connectivity index (χ1v) is 5.46. The summed E-state index contributed by atoms with van der Waals surface area (Å²) in [5, 5.41) is 0.0607. The molecule has 0 radical (unpaired) electrons. The van der Waals surface area contributed by atoms with Crippen LogP contribution >= 0.6 is 11.8 Å². The Morgan fingerprint density at radius 3 is 3.00 bits per heavy atom. The Labute approximate surface area is 95.4 Å². The number of alkyl halides is 1. The monoisotopic (exact) mass is 246 g/mol.